The molecule has 1 aliphatic heterocycles. The van der Waals surface area contributed by atoms with Crippen LogP contribution in [0.2, 0.25) is 0 Å². The Kier molecular flexibility index (Phi) is 6.42. The Morgan fingerprint density at radius 3 is 2.59 bits per heavy atom. The molecule has 0 radical (unpaired) electrons. The molecule has 0 saturated carbocycles. The number of nitrogens with zero attached hydrogens (tertiary/aromatic N) is 4. The minimum Gasteiger partial charge on any atom is -0.450 e. The highest BCUT2D eigenvalue weighted by molar-refractivity contribution is 6.05. The fourth-order valence-corrected chi connectivity index (χ4v) is 4.72. The van der Waals surface area contributed by atoms with Crippen LogP contribution in [0.15, 0.2) is 58.4 Å². The summed E-state index contributed by atoms with van der Waals surface area (Å²) in [6, 6.07) is 11.7. The van der Waals surface area contributed by atoms with Crippen molar-refractivity contribution in [2.45, 2.75) is 12.8 Å². The van der Waals surface area contributed by atoms with E-state index in [0.717, 1.165) is 60.3 Å². The van der Waals surface area contributed by atoms with Crippen LogP contribution < -0.4 is 0 Å². The van der Waals surface area contributed by atoms with Crippen LogP contribution >= 0.6 is 0 Å². The fraction of sp³-hybridized carbons (Fsp3) is 0.346. The van der Waals surface area contributed by atoms with Crippen LogP contribution in [0.25, 0.3) is 22.5 Å². The molecule has 0 unspecified atom stereocenters. The van der Waals surface area contributed by atoms with E-state index in [4.69, 9.17) is 9.15 Å². The van der Waals surface area contributed by atoms with Crippen LogP contribution in [0.5, 0.6) is 0 Å². The highest BCUT2D eigenvalue weighted by Crippen LogP contribution is 2.37. The minimum absolute atomic E-state index is 0.0937. The number of aromatic nitrogens is 1. The van der Waals surface area contributed by atoms with E-state index in [-0.39, 0.29) is 5.91 Å². The molecule has 1 N–H and O–H groups in total. The van der Waals surface area contributed by atoms with Gasteiger partial charge in [0.25, 0.3) is 5.91 Å². The Hall–Kier alpha value is -3.49. The number of fused-ring (bicyclic) bond motifs is 1. The Morgan fingerprint density at radius 2 is 1.85 bits per heavy atom. The molecule has 0 atom stereocenters. The zero-order valence-corrected chi connectivity index (χ0v) is 19.2. The molecule has 176 valence electrons. The summed E-state index contributed by atoms with van der Waals surface area (Å²) in [5, 5.41) is 12.7. The molecule has 8 nitrogen and oxygen atoms in total. The van der Waals surface area contributed by atoms with Gasteiger partial charge in [0.2, 0.25) is 0 Å². The molecule has 1 fully saturated rings. The van der Waals surface area contributed by atoms with Gasteiger partial charge in [0.1, 0.15) is 5.76 Å². The zero-order valence-electron chi connectivity index (χ0n) is 19.2. The van der Waals surface area contributed by atoms with Gasteiger partial charge in [-0.2, -0.15) is 0 Å². The van der Waals surface area contributed by atoms with Crippen molar-refractivity contribution >= 4 is 11.6 Å². The molecule has 34 heavy (non-hydrogen) atoms. The highest BCUT2D eigenvalue weighted by atomic mass is 16.5. The standard InChI is InChI=1S/C26H28N4O4/c1-33-15-14-29-10-12-30(13-11-29)26(31)24-17-22(25(34-24)18-6-8-27-9-7-18)20-2-4-21-19(16-20)3-5-23(21)28-32/h2,4,6-9,16-17,32H,3,5,10-15H2,1H3. The number of ether oxygens (including phenoxy) is 1. The predicted octanol–water partition coefficient (Wildman–Crippen LogP) is 3.54. The van der Waals surface area contributed by atoms with E-state index in [1.165, 1.54) is 0 Å². The summed E-state index contributed by atoms with van der Waals surface area (Å²) in [6.07, 6.45) is 4.98. The van der Waals surface area contributed by atoms with Gasteiger partial charge in [-0.3, -0.25) is 14.7 Å². The number of carbonyl (C=O) groups excluding carboxylic acids is 1. The molecule has 8 heteroatoms. The van der Waals surface area contributed by atoms with Crippen molar-refractivity contribution in [1.82, 2.24) is 14.8 Å². The summed E-state index contributed by atoms with van der Waals surface area (Å²) >= 11 is 0. The van der Waals surface area contributed by atoms with Gasteiger partial charge in [-0.1, -0.05) is 23.4 Å². The number of aryl methyl sites for hydroxylation is 1. The molecule has 1 amide bonds. The Balaban J connectivity index is 1.45. The minimum atomic E-state index is -0.0937. The summed E-state index contributed by atoms with van der Waals surface area (Å²) in [6.45, 7) is 4.52. The summed E-state index contributed by atoms with van der Waals surface area (Å²) in [7, 11) is 1.70. The average Bonchev–Trinajstić information content (AvgIpc) is 3.52. The highest BCUT2D eigenvalue weighted by Gasteiger charge is 2.27. The molecular formula is C26H28N4O4. The fourth-order valence-electron chi connectivity index (χ4n) is 4.72. The number of oxime groups is 1. The Bertz CT molecular complexity index is 1200. The quantitative estimate of drug-likeness (QED) is 0.447. The van der Waals surface area contributed by atoms with E-state index in [2.05, 4.69) is 21.1 Å². The van der Waals surface area contributed by atoms with Gasteiger partial charge < -0.3 is 19.3 Å². The summed E-state index contributed by atoms with van der Waals surface area (Å²) in [5.41, 5.74) is 5.52. The van der Waals surface area contributed by atoms with E-state index in [1.54, 1.807) is 19.5 Å². The predicted molar refractivity (Wildman–Crippen MR) is 128 cm³/mol. The SMILES string of the molecule is COCCN1CCN(C(=O)c2cc(-c3ccc4c(c3)CCC4=NO)c(-c3ccncc3)o2)CC1. The van der Waals surface area contributed by atoms with Crippen molar-refractivity contribution in [1.29, 1.82) is 0 Å². The number of furan rings is 1. The third kappa shape index (κ3) is 4.34. The number of amides is 1. The molecule has 0 bridgehead atoms. The summed E-state index contributed by atoms with van der Waals surface area (Å²) in [5.74, 6) is 0.896. The van der Waals surface area contributed by atoms with Gasteiger partial charge in [0.05, 0.1) is 12.3 Å². The molecule has 1 aromatic carbocycles. The number of rotatable bonds is 6. The average molecular weight is 461 g/mol. The van der Waals surface area contributed by atoms with Crippen molar-refractivity contribution in [2.75, 3.05) is 46.4 Å². The molecule has 3 aromatic rings. The second-order valence-electron chi connectivity index (χ2n) is 8.63. The van der Waals surface area contributed by atoms with Crippen LogP contribution in [-0.4, -0.2) is 78.1 Å². The first-order valence-corrected chi connectivity index (χ1v) is 11.6. The molecule has 1 saturated heterocycles. The molecule has 5 rings (SSSR count). The van der Waals surface area contributed by atoms with Gasteiger partial charge in [0.15, 0.2) is 5.76 Å². The topological polar surface area (TPSA) is 91.4 Å². The molecule has 2 aliphatic rings. The van der Waals surface area contributed by atoms with E-state index in [1.807, 2.05) is 35.2 Å². The van der Waals surface area contributed by atoms with E-state index in [0.29, 0.717) is 36.9 Å². The van der Waals surface area contributed by atoms with E-state index >= 15 is 0 Å². The van der Waals surface area contributed by atoms with Crippen LogP contribution in [0.1, 0.15) is 28.1 Å². The lowest BCUT2D eigenvalue weighted by Gasteiger charge is -2.34. The maximum atomic E-state index is 13.4. The number of methoxy groups -OCH3 is 1. The lowest BCUT2D eigenvalue weighted by Crippen LogP contribution is -2.49. The van der Waals surface area contributed by atoms with Gasteiger partial charge in [-0.15, -0.1) is 0 Å². The van der Waals surface area contributed by atoms with Crippen molar-refractivity contribution in [3.05, 3.63) is 65.7 Å². The van der Waals surface area contributed by atoms with Crippen LogP contribution in [0.4, 0.5) is 0 Å². The van der Waals surface area contributed by atoms with Crippen molar-refractivity contribution in [3.63, 3.8) is 0 Å². The summed E-state index contributed by atoms with van der Waals surface area (Å²) in [4.78, 5) is 21.6. The number of hydrogen-bond donors (Lipinski definition) is 1. The van der Waals surface area contributed by atoms with Gasteiger partial charge in [-0.05, 0) is 42.2 Å². The number of pyridine rings is 1. The number of hydrogen-bond acceptors (Lipinski definition) is 7. The maximum Gasteiger partial charge on any atom is 0.289 e. The zero-order chi connectivity index (χ0) is 23.5. The first kappa shape index (κ1) is 22.3. The van der Waals surface area contributed by atoms with E-state index < -0.39 is 0 Å². The Labute approximate surface area is 198 Å². The lowest BCUT2D eigenvalue weighted by molar-refractivity contribution is 0.0566. The van der Waals surface area contributed by atoms with Gasteiger partial charge in [0, 0.05) is 68.9 Å². The maximum absolute atomic E-state index is 13.4. The normalized spacial score (nSPS) is 17.3. The second-order valence-corrected chi connectivity index (χ2v) is 8.63. The summed E-state index contributed by atoms with van der Waals surface area (Å²) < 4.78 is 11.4. The number of benzene rings is 1. The lowest BCUT2D eigenvalue weighted by atomic mass is 9.98. The molecular weight excluding hydrogens is 432 g/mol. The van der Waals surface area contributed by atoms with Crippen LogP contribution in [0.3, 0.4) is 0 Å². The number of carbonyl (C=O) groups is 1. The first-order chi connectivity index (χ1) is 16.7. The molecule has 1 aliphatic carbocycles. The molecule has 0 spiro atoms. The smallest absolute Gasteiger partial charge is 0.289 e. The van der Waals surface area contributed by atoms with Crippen molar-refractivity contribution in [2.24, 2.45) is 5.16 Å². The Morgan fingerprint density at radius 1 is 1.06 bits per heavy atom. The largest absolute Gasteiger partial charge is 0.450 e. The van der Waals surface area contributed by atoms with Crippen molar-refractivity contribution < 1.29 is 19.2 Å². The van der Waals surface area contributed by atoms with Crippen molar-refractivity contribution in [3.8, 4) is 22.5 Å². The molecule has 2 aromatic heterocycles. The third-order valence-corrected chi connectivity index (χ3v) is 6.64. The molecule has 3 heterocycles. The third-order valence-electron chi connectivity index (χ3n) is 6.64. The second kappa shape index (κ2) is 9.79. The van der Waals surface area contributed by atoms with E-state index in [9.17, 15) is 10.0 Å². The van der Waals surface area contributed by atoms with Gasteiger partial charge in [-0.25, -0.2) is 0 Å². The van der Waals surface area contributed by atoms with Crippen LogP contribution in [0, 0.1) is 0 Å². The van der Waals surface area contributed by atoms with Gasteiger partial charge >= 0.3 is 0 Å². The number of piperazine rings is 1. The van der Waals surface area contributed by atoms with Crippen LogP contribution in [-0.2, 0) is 11.2 Å². The monoisotopic (exact) mass is 460 g/mol. The first-order valence-electron chi connectivity index (χ1n) is 11.6.